The Kier molecular flexibility index (Phi) is 5.66. The van der Waals surface area contributed by atoms with Crippen LogP contribution in [0.5, 0.6) is 0 Å². The Morgan fingerprint density at radius 1 is 1.19 bits per heavy atom. The maximum atomic E-state index is 10.9. The Morgan fingerprint density at radius 2 is 1.81 bits per heavy atom. The van der Waals surface area contributed by atoms with E-state index in [4.69, 9.17) is 0 Å². The molecule has 0 fully saturated rings. The summed E-state index contributed by atoms with van der Waals surface area (Å²) in [5, 5.41) is 10.9. The van der Waals surface area contributed by atoms with E-state index in [-0.39, 0.29) is 5.69 Å². The molecule has 0 aliphatic rings. The molecule has 6 heteroatoms. The number of hydrogen-bond donors (Lipinski definition) is 0. The van der Waals surface area contributed by atoms with E-state index in [1.165, 1.54) is 18.2 Å². The molecule has 0 N–H and O–H groups in total. The molecule has 1 aromatic carbocycles. The van der Waals surface area contributed by atoms with E-state index in [0.29, 0.717) is 17.4 Å². The van der Waals surface area contributed by atoms with Gasteiger partial charge in [0.05, 0.1) is 4.92 Å². The van der Waals surface area contributed by atoms with E-state index < -0.39 is 4.92 Å². The number of nitro groups is 1. The Morgan fingerprint density at radius 3 is 2.29 bits per heavy atom. The zero-order valence-electron chi connectivity index (χ0n) is 12.6. The standard InChI is InChI=1S/C15H19N3O3/c1-16(2)15(17(3)4)11-13(8-9-19)12-6-5-7-14(10-12)18(20)21/h5-11H,1-4H3/b13-8-. The third-order valence-electron chi connectivity index (χ3n) is 2.84. The highest BCUT2D eigenvalue weighted by Gasteiger charge is 2.10. The minimum atomic E-state index is -0.454. The Hall–Kier alpha value is -2.63. The summed E-state index contributed by atoms with van der Waals surface area (Å²) in [5.41, 5.74) is 1.23. The Labute approximate surface area is 124 Å². The molecule has 21 heavy (non-hydrogen) atoms. The SMILES string of the molecule is CN(C)C(=C/C(=C/C=O)c1cccc([N+](=O)[O-])c1)N(C)C. The van der Waals surface area contributed by atoms with Gasteiger partial charge in [-0.05, 0) is 23.3 Å². The lowest BCUT2D eigenvalue weighted by Crippen LogP contribution is -2.24. The second kappa shape index (κ2) is 7.23. The molecule has 0 heterocycles. The molecule has 0 atom stereocenters. The predicted octanol–water partition coefficient (Wildman–Crippen LogP) is 2.14. The van der Waals surface area contributed by atoms with Gasteiger partial charge >= 0.3 is 0 Å². The van der Waals surface area contributed by atoms with Crippen molar-refractivity contribution in [3.05, 3.63) is 57.9 Å². The number of nitro benzene ring substituents is 1. The van der Waals surface area contributed by atoms with Gasteiger partial charge in [0.2, 0.25) is 0 Å². The molecule has 0 saturated heterocycles. The molecule has 0 radical (unpaired) electrons. The molecule has 0 aromatic heterocycles. The van der Waals surface area contributed by atoms with Crippen LogP contribution in [0.1, 0.15) is 5.56 Å². The fourth-order valence-electron chi connectivity index (χ4n) is 1.90. The normalized spacial score (nSPS) is 10.8. The van der Waals surface area contributed by atoms with Crippen molar-refractivity contribution in [1.82, 2.24) is 9.80 Å². The second-order valence-electron chi connectivity index (χ2n) is 4.86. The van der Waals surface area contributed by atoms with Crippen LogP contribution in [0.4, 0.5) is 5.69 Å². The fraction of sp³-hybridized carbons (Fsp3) is 0.267. The van der Waals surface area contributed by atoms with Gasteiger partial charge in [-0.25, -0.2) is 0 Å². The summed E-state index contributed by atoms with van der Waals surface area (Å²) in [7, 11) is 7.55. The van der Waals surface area contributed by atoms with Crippen LogP contribution in [-0.2, 0) is 4.79 Å². The number of carbonyl (C=O) groups is 1. The third kappa shape index (κ3) is 4.45. The van der Waals surface area contributed by atoms with Gasteiger partial charge in [0.25, 0.3) is 5.69 Å². The number of aldehydes is 1. The minimum Gasteiger partial charge on any atom is -0.364 e. The molecule has 0 spiro atoms. The first kappa shape index (κ1) is 16.4. The summed E-state index contributed by atoms with van der Waals surface area (Å²) in [6, 6.07) is 6.21. The number of nitrogens with zero attached hydrogens (tertiary/aromatic N) is 3. The number of allylic oxidation sites excluding steroid dienone is 3. The van der Waals surface area contributed by atoms with Crippen LogP contribution in [-0.4, -0.2) is 49.2 Å². The number of non-ortho nitro benzene ring substituents is 1. The predicted molar refractivity (Wildman–Crippen MR) is 82.6 cm³/mol. The molecule has 0 unspecified atom stereocenters. The average molecular weight is 289 g/mol. The lowest BCUT2D eigenvalue weighted by atomic mass is 10.0. The molecule has 0 bridgehead atoms. The first-order valence-corrected chi connectivity index (χ1v) is 6.33. The Bertz CT molecular complexity index is 580. The van der Waals surface area contributed by atoms with E-state index in [0.717, 1.165) is 5.82 Å². The maximum Gasteiger partial charge on any atom is 0.270 e. The highest BCUT2D eigenvalue weighted by atomic mass is 16.6. The van der Waals surface area contributed by atoms with Crippen molar-refractivity contribution < 1.29 is 9.72 Å². The number of hydrogen-bond acceptors (Lipinski definition) is 5. The quantitative estimate of drug-likeness (QED) is 0.264. The van der Waals surface area contributed by atoms with Gasteiger partial charge in [-0.1, -0.05) is 12.1 Å². The smallest absolute Gasteiger partial charge is 0.270 e. The van der Waals surface area contributed by atoms with Crippen LogP contribution < -0.4 is 0 Å². The lowest BCUT2D eigenvalue weighted by molar-refractivity contribution is -0.384. The molecule has 0 amide bonds. The summed E-state index contributed by atoms with van der Waals surface area (Å²) in [5.74, 6) is 0.870. The summed E-state index contributed by atoms with van der Waals surface area (Å²) < 4.78 is 0. The van der Waals surface area contributed by atoms with Gasteiger partial charge in [-0.2, -0.15) is 0 Å². The van der Waals surface area contributed by atoms with Crippen LogP contribution in [0.3, 0.4) is 0 Å². The van der Waals surface area contributed by atoms with E-state index in [1.807, 2.05) is 44.1 Å². The zero-order valence-corrected chi connectivity index (χ0v) is 12.6. The third-order valence-corrected chi connectivity index (χ3v) is 2.84. The van der Waals surface area contributed by atoms with Crippen molar-refractivity contribution in [3.63, 3.8) is 0 Å². The van der Waals surface area contributed by atoms with Crippen LogP contribution in [0.15, 0.2) is 42.2 Å². The zero-order chi connectivity index (χ0) is 16.0. The van der Waals surface area contributed by atoms with Crippen LogP contribution in [0, 0.1) is 10.1 Å². The summed E-state index contributed by atoms with van der Waals surface area (Å²) in [6.45, 7) is 0. The van der Waals surface area contributed by atoms with E-state index in [1.54, 1.807) is 12.1 Å². The fourth-order valence-corrected chi connectivity index (χ4v) is 1.90. The monoisotopic (exact) mass is 289 g/mol. The number of benzene rings is 1. The topological polar surface area (TPSA) is 66.7 Å². The highest BCUT2D eigenvalue weighted by Crippen LogP contribution is 2.22. The minimum absolute atomic E-state index is 0.00560. The molecule has 1 rings (SSSR count). The number of carbonyl (C=O) groups excluding carboxylic acids is 1. The van der Waals surface area contributed by atoms with Gasteiger partial charge < -0.3 is 9.80 Å². The van der Waals surface area contributed by atoms with Gasteiger partial charge in [-0.15, -0.1) is 0 Å². The van der Waals surface area contributed by atoms with Gasteiger partial charge in [0, 0.05) is 40.3 Å². The van der Waals surface area contributed by atoms with Crippen molar-refractivity contribution in [2.24, 2.45) is 0 Å². The van der Waals surface area contributed by atoms with Gasteiger partial charge in [-0.3, -0.25) is 14.9 Å². The average Bonchev–Trinajstić information content (AvgIpc) is 2.42. The van der Waals surface area contributed by atoms with Crippen LogP contribution >= 0.6 is 0 Å². The molecular formula is C15H19N3O3. The second-order valence-corrected chi connectivity index (χ2v) is 4.86. The molecule has 0 saturated carbocycles. The molecular weight excluding hydrogens is 270 g/mol. The van der Waals surface area contributed by atoms with Gasteiger partial charge in [0.1, 0.15) is 12.1 Å². The summed E-state index contributed by atoms with van der Waals surface area (Å²) in [6.07, 6.45) is 3.88. The van der Waals surface area contributed by atoms with Gasteiger partial charge in [0.15, 0.2) is 0 Å². The summed E-state index contributed by atoms with van der Waals surface area (Å²) in [4.78, 5) is 25.1. The van der Waals surface area contributed by atoms with Crippen molar-refractivity contribution in [2.75, 3.05) is 28.2 Å². The van der Waals surface area contributed by atoms with Crippen molar-refractivity contribution in [3.8, 4) is 0 Å². The molecule has 0 aliphatic carbocycles. The van der Waals surface area contributed by atoms with Crippen LogP contribution in [0.25, 0.3) is 5.57 Å². The molecule has 1 aromatic rings. The largest absolute Gasteiger partial charge is 0.364 e. The van der Waals surface area contributed by atoms with E-state index in [2.05, 4.69) is 0 Å². The molecule has 6 nitrogen and oxygen atoms in total. The van der Waals surface area contributed by atoms with Crippen molar-refractivity contribution >= 4 is 17.5 Å². The first-order chi connectivity index (χ1) is 9.86. The van der Waals surface area contributed by atoms with E-state index in [9.17, 15) is 14.9 Å². The number of rotatable bonds is 6. The van der Waals surface area contributed by atoms with Crippen LogP contribution in [0.2, 0.25) is 0 Å². The highest BCUT2D eigenvalue weighted by molar-refractivity contribution is 5.86. The maximum absolute atomic E-state index is 10.9. The summed E-state index contributed by atoms with van der Waals surface area (Å²) >= 11 is 0. The first-order valence-electron chi connectivity index (χ1n) is 6.33. The van der Waals surface area contributed by atoms with Crippen molar-refractivity contribution in [1.29, 1.82) is 0 Å². The van der Waals surface area contributed by atoms with E-state index >= 15 is 0 Å². The van der Waals surface area contributed by atoms with Crippen molar-refractivity contribution in [2.45, 2.75) is 0 Å². The lowest BCUT2D eigenvalue weighted by Gasteiger charge is -2.25. The molecule has 112 valence electrons. The Balaban J connectivity index is 3.34. The molecule has 0 aliphatic heterocycles.